The van der Waals surface area contributed by atoms with Gasteiger partial charge in [0.2, 0.25) is 5.91 Å². The summed E-state index contributed by atoms with van der Waals surface area (Å²) in [6.07, 6.45) is 4.35. The maximum atomic E-state index is 10.8. The van der Waals surface area contributed by atoms with Gasteiger partial charge in [-0.1, -0.05) is 90.0 Å². The fraction of sp³-hybridized carbons (Fsp3) is 0.967. The summed E-state index contributed by atoms with van der Waals surface area (Å²) in [5.41, 5.74) is 0.308. The van der Waals surface area contributed by atoms with Crippen molar-refractivity contribution in [3.05, 3.63) is 0 Å². The Labute approximate surface area is 222 Å². The summed E-state index contributed by atoms with van der Waals surface area (Å²) in [6.45, 7) is 32.9. The van der Waals surface area contributed by atoms with Gasteiger partial charge in [0.1, 0.15) is 6.61 Å². The van der Waals surface area contributed by atoms with Crippen molar-refractivity contribution < 1.29 is 19.7 Å². The molecular formula is C30H69NO4. The van der Waals surface area contributed by atoms with Crippen molar-refractivity contribution >= 4 is 5.91 Å². The Balaban J connectivity index is -0.000000115. The minimum Gasteiger partial charge on any atom is -0.396 e. The van der Waals surface area contributed by atoms with Gasteiger partial charge in [-0.05, 0) is 68.6 Å². The van der Waals surface area contributed by atoms with Gasteiger partial charge in [-0.15, -0.1) is 0 Å². The summed E-state index contributed by atoms with van der Waals surface area (Å²) in [5, 5.41) is 19.5. The van der Waals surface area contributed by atoms with Crippen LogP contribution in [0.3, 0.4) is 0 Å². The Morgan fingerprint density at radius 1 is 0.743 bits per heavy atom. The molecule has 0 heterocycles. The molecule has 0 aliphatic heterocycles. The van der Waals surface area contributed by atoms with E-state index in [2.05, 4.69) is 81.5 Å². The van der Waals surface area contributed by atoms with Gasteiger partial charge >= 0.3 is 0 Å². The number of aliphatic hydroxyl groups is 2. The molecule has 5 heteroatoms. The molecule has 0 bridgehead atoms. The van der Waals surface area contributed by atoms with E-state index in [-0.39, 0.29) is 11.4 Å². The minimum absolute atomic E-state index is 0.214. The van der Waals surface area contributed by atoms with Gasteiger partial charge < -0.3 is 20.3 Å². The molecule has 218 valence electrons. The van der Waals surface area contributed by atoms with E-state index in [1.165, 1.54) is 12.8 Å². The van der Waals surface area contributed by atoms with Crippen LogP contribution in [0.1, 0.15) is 130 Å². The van der Waals surface area contributed by atoms with E-state index in [0.717, 1.165) is 31.3 Å². The molecule has 0 saturated heterocycles. The number of carbonyl (C=O) groups excluding carboxylic acids is 1. The molecule has 0 saturated carbocycles. The molecule has 1 amide bonds. The molecule has 0 aliphatic carbocycles. The third-order valence-corrected chi connectivity index (χ3v) is 4.17. The van der Waals surface area contributed by atoms with Crippen LogP contribution in [0.15, 0.2) is 0 Å². The first-order valence-electron chi connectivity index (χ1n) is 13.8. The molecule has 0 aromatic rings. The standard InChI is InChI=1S/C9H19NO2.C8H18.C6H14O.C5H12O.C2H6/c1-7(2)5-9(3,4)10-8(12)6-11;1-7(2)6-8(3,4)5;1-6(2)4-5-7-3;1-5(2)3-4-6;1-2/h7,11H,5-6H2,1-4H3,(H,10,12);7H,6H2,1-5H3;6H,4-5H2,1-3H3;5-6H,3-4H2,1-2H3;1-2H3. The van der Waals surface area contributed by atoms with E-state index in [9.17, 15) is 4.79 Å². The van der Waals surface area contributed by atoms with Gasteiger partial charge in [0.15, 0.2) is 0 Å². The first-order chi connectivity index (χ1) is 15.8. The number of methoxy groups -OCH3 is 1. The summed E-state index contributed by atoms with van der Waals surface area (Å²) >= 11 is 0. The zero-order valence-corrected chi connectivity index (χ0v) is 27.0. The normalized spacial score (nSPS) is 10.9. The second-order valence-corrected chi connectivity index (χ2v) is 12.4. The quantitative estimate of drug-likeness (QED) is 0.283. The van der Waals surface area contributed by atoms with Gasteiger partial charge in [-0.25, -0.2) is 0 Å². The van der Waals surface area contributed by atoms with E-state index < -0.39 is 6.61 Å². The molecule has 0 aromatic heterocycles. The highest BCUT2D eigenvalue weighted by molar-refractivity contribution is 5.77. The lowest BCUT2D eigenvalue weighted by atomic mass is 9.86. The average molecular weight is 508 g/mol. The van der Waals surface area contributed by atoms with Gasteiger partial charge in [-0.3, -0.25) is 4.79 Å². The van der Waals surface area contributed by atoms with Crippen LogP contribution in [0, 0.1) is 29.1 Å². The first-order valence-corrected chi connectivity index (χ1v) is 13.8. The van der Waals surface area contributed by atoms with Crippen LogP contribution in [0.5, 0.6) is 0 Å². The first kappa shape index (κ1) is 44.4. The number of amides is 1. The van der Waals surface area contributed by atoms with Crippen LogP contribution < -0.4 is 5.32 Å². The number of hydrogen-bond donors (Lipinski definition) is 3. The number of nitrogens with one attached hydrogen (secondary N) is 1. The zero-order chi connectivity index (χ0) is 29.3. The highest BCUT2D eigenvalue weighted by atomic mass is 16.5. The van der Waals surface area contributed by atoms with E-state index in [1.807, 2.05) is 27.7 Å². The zero-order valence-electron chi connectivity index (χ0n) is 27.0. The van der Waals surface area contributed by atoms with Crippen molar-refractivity contribution in [1.82, 2.24) is 5.32 Å². The third-order valence-electron chi connectivity index (χ3n) is 4.17. The van der Waals surface area contributed by atoms with Crippen molar-refractivity contribution in [2.75, 3.05) is 26.9 Å². The lowest BCUT2D eigenvalue weighted by Crippen LogP contribution is -2.45. The largest absolute Gasteiger partial charge is 0.396 e. The molecule has 5 nitrogen and oxygen atoms in total. The predicted octanol–water partition coefficient (Wildman–Crippen LogP) is 7.73. The van der Waals surface area contributed by atoms with Crippen molar-refractivity contribution in [2.24, 2.45) is 29.1 Å². The van der Waals surface area contributed by atoms with Gasteiger partial charge in [0.25, 0.3) is 0 Å². The predicted molar refractivity (Wildman–Crippen MR) is 157 cm³/mol. The van der Waals surface area contributed by atoms with Crippen molar-refractivity contribution in [3.63, 3.8) is 0 Å². The van der Waals surface area contributed by atoms with Crippen LogP contribution in [0.25, 0.3) is 0 Å². The van der Waals surface area contributed by atoms with Crippen LogP contribution in [0.2, 0.25) is 0 Å². The number of rotatable bonds is 10. The van der Waals surface area contributed by atoms with Crippen molar-refractivity contribution in [1.29, 1.82) is 0 Å². The van der Waals surface area contributed by atoms with E-state index in [4.69, 9.17) is 14.9 Å². The third kappa shape index (κ3) is 60.1. The number of aliphatic hydroxyl groups excluding tert-OH is 2. The second-order valence-electron chi connectivity index (χ2n) is 12.4. The Hall–Kier alpha value is -0.650. The topological polar surface area (TPSA) is 78.8 Å². The fourth-order valence-electron chi connectivity index (χ4n) is 3.33. The van der Waals surface area contributed by atoms with E-state index in [1.54, 1.807) is 7.11 Å². The van der Waals surface area contributed by atoms with Gasteiger partial charge in [-0.2, -0.15) is 0 Å². The molecule has 3 N–H and O–H groups in total. The van der Waals surface area contributed by atoms with Crippen LogP contribution in [-0.2, 0) is 9.53 Å². The monoisotopic (exact) mass is 508 g/mol. The average Bonchev–Trinajstić information content (AvgIpc) is 2.65. The van der Waals surface area contributed by atoms with Crippen LogP contribution in [-0.4, -0.2) is 48.6 Å². The lowest BCUT2D eigenvalue weighted by molar-refractivity contribution is -0.125. The summed E-state index contributed by atoms with van der Waals surface area (Å²) in [7, 11) is 1.74. The number of hydrogen-bond acceptors (Lipinski definition) is 4. The second kappa shape index (κ2) is 27.9. The molecular weight excluding hydrogens is 438 g/mol. The smallest absolute Gasteiger partial charge is 0.246 e. The molecule has 0 aromatic carbocycles. The summed E-state index contributed by atoms with van der Waals surface area (Å²) < 4.78 is 4.85. The summed E-state index contributed by atoms with van der Waals surface area (Å²) in [5.74, 6) is 2.50. The lowest BCUT2D eigenvalue weighted by Gasteiger charge is -2.27. The maximum absolute atomic E-state index is 10.8. The highest BCUT2D eigenvalue weighted by Gasteiger charge is 2.20. The van der Waals surface area contributed by atoms with Crippen molar-refractivity contribution in [3.8, 4) is 0 Å². The van der Waals surface area contributed by atoms with Crippen molar-refractivity contribution in [2.45, 2.75) is 135 Å². The SMILES string of the molecule is CC.CC(C)CC(C)(C)C.CC(C)CC(C)(C)NC(=O)CO.CC(C)CCO.COCCC(C)C. The van der Waals surface area contributed by atoms with Gasteiger partial charge in [0, 0.05) is 25.9 Å². The van der Waals surface area contributed by atoms with Crippen LogP contribution in [0.4, 0.5) is 0 Å². The molecule has 0 aliphatic rings. The molecule has 0 atom stereocenters. The molecule has 0 unspecified atom stereocenters. The molecule has 0 rings (SSSR count). The molecule has 0 spiro atoms. The fourth-order valence-corrected chi connectivity index (χ4v) is 3.33. The highest BCUT2D eigenvalue weighted by Crippen LogP contribution is 2.23. The summed E-state index contributed by atoms with van der Waals surface area (Å²) in [6, 6.07) is 0. The maximum Gasteiger partial charge on any atom is 0.246 e. The molecule has 0 radical (unpaired) electrons. The number of ether oxygens (including phenoxy) is 1. The Bertz CT molecular complexity index is 411. The Morgan fingerprint density at radius 2 is 1.14 bits per heavy atom. The molecule has 0 fully saturated rings. The van der Waals surface area contributed by atoms with E-state index in [0.29, 0.717) is 23.9 Å². The Morgan fingerprint density at radius 3 is 1.29 bits per heavy atom. The Kier molecular flexibility index (Phi) is 35.4. The minimum atomic E-state index is -0.429. The molecule has 35 heavy (non-hydrogen) atoms. The summed E-state index contributed by atoms with van der Waals surface area (Å²) in [4.78, 5) is 10.8. The number of carbonyl (C=O) groups is 1. The van der Waals surface area contributed by atoms with Crippen LogP contribution >= 0.6 is 0 Å². The van der Waals surface area contributed by atoms with Gasteiger partial charge in [0.05, 0.1) is 0 Å². The van der Waals surface area contributed by atoms with E-state index >= 15 is 0 Å².